The molecule has 34 heavy (non-hydrogen) atoms. The van der Waals surface area contributed by atoms with Gasteiger partial charge in [-0.1, -0.05) is 13.3 Å². The molecule has 2 aromatic carbocycles. The lowest BCUT2D eigenvalue weighted by Gasteiger charge is -2.36. The molecule has 3 aliphatic rings. The highest BCUT2D eigenvalue weighted by Crippen LogP contribution is 2.39. The van der Waals surface area contributed by atoms with Crippen LogP contribution < -0.4 is 19.1 Å². The molecule has 2 fully saturated rings. The third kappa shape index (κ3) is 4.48. The van der Waals surface area contributed by atoms with Crippen LogP contribution in [0.1, 0.15) is 61.4 Å². The van der Waals surface area contributed by atoms with Crippen LogP contribution in [0.5, 0.6) is 17.2 Å². The predicted octanol–water partition coefficient (Wildman–Crippen LogP) is 5.08. The zero-order valence-electron chi connectivity index (χ0n) is 20.6. The molecule has 0 spiro atoms. The van der Waals surface area contributed by atoms with E-state index in [1.807, 2.05) is 41.3 Å². The molecule has 0 unspecified atom stereocenters. The van der Waals surface area contributed by atoms with Crippen LogP contribution in [-0.4, -0.2) is 56.3 Å². The number of hydrogen-bond acceptors (Lipinski definition) is 5. The van der Waals surface area contributed by atoms with Crippen molar-refractivity contribution < 1.29 is 19.0 Å². The number of carbonyl (C=O) groups is 1. The molecular formula is C28H36N2O4. The van der Waals surface area contributed by atoms with E-state index in [0.29, 0.717) is 31.0 Å². The molecule has 2 bridgehead atoms. The van der Waals surface area contributed by atoms with Gasteiger partial charge in [-0.15, -0.1) is 0 Å². The van der Waals surface area contributed by atoms with Gasteiger partial charge >= 0.3 is 0 Å². The van der Waals surface area contributed by atoms with E-state index >= 15 is 0 Å². The molecule has 6 heteroatoms. The minimum Gasteiger partial charge on any atom is -0.494 e. The van der Waals surface area contributed by atoms with Crippen molar-refractivity contribution in [2.24, 2.45) is 0 Å². The molecule has 0 aliphatic carbocycles. The van der Waals surface area contributed by atoms with E-state index in [2.05, 4.69) is 18.9 Å². The largest absolute Gasteiger partial charge is 0.494 e. The van der Waals surface area contributed by atoms with Gasteiger partial charge in [-0.05, 0) is 81.5 Å². The fraction of sp³-hybridized carbons (Fsp3) is 0.536. The van der Waals surface area contributed by atoms with Crippen LogP contribution in [0, 0.1) is 0 Å². The molecule has 6 nitrogen and oxygen atoms in total. The zero-order valence-corrected chi connectivity index (χ0v) is 20.6. The average molecular weight is 465 g/mol. The first-order valence-electron chi connectivity index (χ1n) is 12.7. The number of carbonyl (C=O) groups excluding carboxylic acids is 1. The van der Waals surface area contributed by atoms with Crippen molar-refractivity contribution in [3.63, 3.8) is 0 Å². The van der Waals surface area contributed by atoms with Crippen molar-refractivity contribution in [1.82, 2.24) is 4.90 Å². The second-order valence-electron chi connectivity index (χ2n) is 9.82. The molecule has 0 aromatic heterocycles. The molecular weight excluding hydrogens is 428 g/mol. The Bertz CT molecular complexity index is 1030. The van der Waals surface area contributed by atoms with E-state index in [1.54, 1.807) is 7.11 Å². The Kier molecular flexibility index (Phi) is 6.68. The van der Waals surface area contributed by atoms with Crippen LogP contribution in [0.4, 0.5) is 5.69 Å². The summed E-state index contributed by atoms with van der Waals surface area (Å²) in [5.41, 5.74) is 2.64. The van der Waals surface area contributed by atoms with Crippen molar-refractivity contribution in [3.05, 3.63) is 47.5 Å². The Morgan fingerprint density at radius 2 is 1.82 bits per heavy atom. The summed E-state index contributed by atoms with van der Waals surface area (Å²) in [4.78, 5) is 17.7. The highest BCUT2D eigenvalue weighted by atomic mass is 16.5. The summed E-state index contributed by atoms with van der Waals surface area (Å²) in [6.07, 6.45) is 7.79. The topological polar surface area (TPSA) is 51.2 Å². The van der Waals surface area contributed by atoms with Gasteiger partial charge in [0.2, 0.25) is 0 Å². The van der Waals surface area contributed by atoms with Crippen molar-refractivity contribution in [2.45, 2.75) is 70.1 Å². The summed E-state index contributed by atoms with van der Waals surface area (Å²) in [6, 6.07) is 12.9. The molecule has 2 aromatic rings. The Morgan fingerprint density at radius 3 is 2.56 bits per heavy atom. The monoisotopic (exact) mass is 464 g/mol. The number of amides is 1. The van der Waals surface area contributed by atoms with Crippen molar-refractivity contribution >= 4 is 11.6 Å². The van der Waals surface area contributed by atoms with E-state index in [9.17, 15) is 4.79 Å². The molecule has 0 radical (unpaired) electrons. The van der Waals surface area contributed by atoms with Crippen LogP contribution in [0.2, 0.25) is 0 Å². The van der Waals surface area contributed by atoms with E-state index in [-0.39, 0.29) is 12.0 Å². The van der Waals surface area contributed by atoms with Crippen LogP contribution >= 0.6 is 0 Å². The Hall–Kier alpha value is -2.73. The minimum atomic E-state index is 0.0176. The van der Waals surface area contributed by atoms with E-state index in [0.717, 1.165) is 60.4 Å². The third-order valence-corrected chi connectivity index (χ3v) is 7.73. The fourth-order valence-corrected chi connectivity index (χ4v) is 5.69. The first kappa shape index (κ1) is 23.0. The van der Waals surface area contributed by atoms with Gasteiger partial charge in [0.25, 0.3) is 5.91 Å². The first-order chi connectivity index (χ1) is 16.6. The lowest BCUT2D eigenvalue weighted by molar-refractivity contribution is 0.0643. The van der Waals surface area contributed by atoms with Gasteiger partial charge in [-0.3, -0.25) is 4.79 Å². The van der Waals surface area contributed by atoms with Crippen LogP contribution in [0.25, 0.3) is 0 Å². The van der Waals surface area contributed by atoms with Gasteiger partial charge in [-0.25, -0.2) is 0 Å². The molecule has 5 rings (SSSR count). The second kappa shape index (κ2) is 9.87. The number of ether oxygens (including phenoxy) is 3. The van der Waals surface area contributed by atoms with Gasteiger partial charge < -0.3 is 24.0 Å². The fourth-order valence-electron chi connectivity index (χ4n) is 5.69. The number of rotatable bonds is 8. The quantitative estimate of drug-likeness (QED) is 0.510. The minimum absolute atomic E-state index is 0.0176. The van der Waals surface area contributed by atoms with Gasteiger partial charge in [0, 0.05) is 35.9 Å². The molecule has 182 valence electrons. The molecule has 1 amide bonds. The molecule has 0 saturated carbocycles. The summed E-state index contributed by atoms with van der Waals surface area (Å²) in [5.74, 6) is 2.31. The molecule has 2 saturated heterocycles. The lowest BCUT2D eigenvalue weighted by atomic mass is 9.98. The number of fused-ring (bicyclic) bond motifs is 3. The number of unbranched alkanes of at least 4 members (excludes halogenated alkanes) is 1. The normalized spacial score (nSPS) is 24.1. The average Bonchev–Trinajstić information content (AvgIpc) is 3.05. The van der Waals surface area contributed by atoms with Crippen LogP contribution in [0.3, 0.4) is 0 Å². The second-order valence-corrected chi connectivity index (χ2v) is 9.82. The lowest BCUT2D eigenvalue weighted by Crippen LogP contribution is -2.43. The Balaban J connectivity index is 1.29. The maximum Gasteiger partial charge on any atom is 0.258 e. The van der Waals surface area contributed by atoms with Crippen molar-refractivity contribution in [2.75, 3.05) is 32.2 Å². The number of anilines is 1. The number of methoxy groups -OCH3 is 1. The number of hydrogen-bond donors (Lipinski definition) is 0. The van der Waals surface area contributed by atoms with Crippen molar-refractivity contribution in [1.29, 1.82) is 0 Å². The number of nitrogens with zero attached hydrogens (tertiary/aromatic N) is 2. The predicted molar refractivity (Wildman–Crippen MR) is 133 cm³/mol. The summed E-state index contributed by atoms with van der Waals surface area (Å²) in [6.45, 7) is 3.49. The zero-order chi connectivity index (χ0) is 23.7. The maximum absolute atomic E-state index is 13.3. The third-order valence-electron chi connectivity index (χ3n) is 7.73. The number of piperidine rings is 1. The Morgan fingerprint density at radius 1 is 1.03 bits per heavy atom. The van der Waals surface area contributed by atoms with E-state index in [4.69, 9.17) is 14.2 Å². The van der Waals surface area contributed by atoms with Crippen molar-refractivity contribution in [3.8, 4) is 17.2 Å². The number of benzene rings is 2. The Labute approximate surface area is 202 Å². The summed E-state index contributed by atoms with van der Waals surface area (Å²) in [7, 11) is 3.90. The highest BCUT2D eigenvalue weighted by molar-refractivity contribution is 6.08. The summed E-state index contributed by atoms with van der Waals surface area (Å²) in [5, 5.41) is 0. The van der Waals surface area contributed by atoms with Crippen LogP contribution in [-0.2, 0) is 6.42 Å². The van der Waals surface area contributed by atoms with Gasteiger partial charge in [-0.2, -0.15) is 0 Å². The summed E-state index contributed by atoms with van der Waals surface area (Å²) >= 11 is 0. The SMILES string of the molecule is CCCCOc1ccc2c(c1)CCN(c1ccc(O[C@H]3C[C@H]4CC[C@@H](C3)N4C)c(OC)c1)C2=O. The van der Waals surface area contributed by atoms with Gasteiger partial charge in [0.1, 0.15) is 11.9 Å². The summed E-state index contributed by atoms with van der Waals surface area (Å²) < 4.78 is 17.9. The standard InChI is InChI=1S/C28H36N2O4/c1-4-5-14-33-23-9-10-25-19(15-23)12-13-30(28(25)31)22-8-11-26(27(18-22)32-3)34-24-16-20-6-7-21(17-24)29(20)2/h8-11,15,18,20-21,24H,4-7,12-14,16-17H2,1-3H3/t20-,21+,24+. The molecule has 3 heterocycles. The smallest absolute Gasteiger partial charge is 0.258 e. The molecule has 3 atom stereocenters. The van der Waals surface area contributed by atoms with E-state index in [1.165, 1.54) is 12.8 Å². The van der Waals surface area contributed by atoms with Crippen LogP contribution in [0.15, 0.2) is 36.4 Å². The van der Waals surface area contributed by atoms with Gasteiger partial charge in [0.05, 0.1) is 13.7 Å². The van der Waals surface area contributed by atoms with E-state index < -0.39 is 0 Å². The van der Waals surface area contributed by atoms with Gasteiger partial charge in [0.15, 0.2) is 11.5 Å². The highest BCUT2D eigenvalue weighted by Gasteiger charge is 2.39. The maximum atomic E-state index is 13.3. The molecule has 3 aliphatic heterocycles. The first-order valence-corrected chi connectivity index (χ1v) is 12.7. The molecule has 0 N–H and O–H groups in total.